The van der Waals surface area contributed by atoms with Gasteiger partial charge in [0.05, 0.1) is 18.3 Å². The molecule has 8 nitrogen and oxygen atoms in total. The second-order valence-corrected chi connectivity index (χ2v) is 6.53. The van der Waals surface area contributed by atoms with E-state index in [-0.39, 0.29) is 17.6 Å². The number of benzene rings is 1. The zero-order valence-electron chi connectivity index (χ0n) is 15.2. The van der Waals surface area contributed by atoms with Gasteiger partial charge >= 0.3 is 5.69 Å². The maximum absolute atomic E-state index is 12.4. The molecule has 27 heavy (non-hydrogen) atoms. The standard InChI is InChI=1S/C19H24N4O4/c1-2-27-16-10-6-5-9-15(16)23-18(25)12(17(24)22-19(23)26)11-21-14-8-4-3-7-13(14)20/h5-6,9-11,13-14,25H,2-4,7-8,20H2,1H3,(H,22,24,26)/t13-,14-/m1/s1. The van der Waals surface area contributed by atoms with Crippen molar-refractivity contribution in [2.75, 3.05) is 6.61 Å². The minimum atomic E-state index is -0.754. The molecule has 1 saturated carbocycles. The average molecular weight is 372 g/mol. The van der Waals surface area contributed by atoms with Gasteiger partial charge < -0.3 is 15.6 Å². The number of hydrogen-bond donors (Lipinski definition) is 3. The Hall–Kier alpha value is -2.87. The number of H-pyrrole nitrogens is 1. The molecule has 3 rings (SSSR count). The third-order valence-electron chi connectivity index (χ3n) is 4.70. The fourth-order valence-electron chi connectivity index (χ4n) is 3.29. The van der Waals surface area contributed by atoms with Crippen molar-refractivity contribution in [1.82, 2.24) is 9.55 Å². The lowest BCUT2D eigenvalue weighted by Crippen LogP contribution is -2.36. The Morgan fingerprint density at radius 2 is 2.07 bits per heavy atom. The number of aromatic amines is 1. The highest BCUT2D eigenvalue weighted by Crippen LogP contribution is 2.25. The first-order chi connectivity index (χ1) is 13.0. The predicted octanol–water partition coefficient (Wildman–Crippen LogP) is 1.32. The quantitative estimate of drug-likeness (QED) is 0.683. The van der Waals surface area contributed by atoms with Gasteiger partial charge in [0.1, 0.15) is 11.3 Å². The Kier molecular flexibility index (Phi) is 5.75. The highest BCUT2D eigenvalue weighted by molar-refractivity contribution is 5.82. The number of para-hydroxylation sites is 2. The minimum absolute atomic E-state index is 0.0687. The van der Waals surface area contributed by atoms with E-state index in [2.05, 4.69) is 9.98 Å². The van der Waals surface area contributed by atoms with Crippen molar-refractivity contribution in [1.29, 1.82) is 0 Å². The van der Waals surface area contributed by atoms with Crippen LogP contribution in [0.15, 0.2) is 38.8 Å². The number of nitrogens with zero attached hydrogens (tertiary/aromatic N) is 2. The van der Waals surface area contributed by atoms with Crippen molar-refractivity contribution < 1.29 is 9.84 Å². The molecule has 1 aromatic heterocycles. The molecule has 0 spiro atoms. The van der Waals surface area contributed by atoms with Crippen molar-refractivity contribution in [2.45, 2.75) is 44.7 Å². The van der Waals surface area contributed by atoms with E-state index >= 15 is 0 Å². The van der Waals surface area contributed by atoms with E-state index in [0.717, 1.165) is 30.3 Å². The molecule has 0 radical (unpaired) electrons. The number of nitrogens with two attached hydrogens (primary N) is 1. The number of aromatic hydroxyl groups is 1. The first-order valence-electron chi connectivity index (χ1n) is 9.12. The van der Waals surface area contributed by atoms with E-state index in [9.17, 15) is 14.7 Å². The predicted molar refractivity (Wildman–Crippen MR) is 103 cm³/mol. The zero-order valence-corrected chi connectivity index (χ0v) is 15.2. The van der Waals surface area contributed by atoms with Crippen LogP contribution in [0, 0.1) is 0 Å². The van der Waals surface area contributed by atoms with Crippen LogP contribution < -0.4 is 21.7 Å². The fourth-order valence-corrected chi connectivity index (χ4v) is 3.29. The lowest BCUT2D eigenvalue weighted by Gasteiger charge is -2.25. The Morgan fingerprint density at radius 1 is 1.33 bits per heavy atom. The van der Waals surface area contributed by atoms with Crippen LogP contribution in [-0.2, 0) is 0 Å². The number of rotatable bonds is 5. The summed E-state index contributed by atoms with van der Waals surface area (Å²) in [6.07, 6.45) is 5.12. The van der Waals surface area contributed by atoms with Gasteiger partial charge in [-0.05, 0) is 31.9 Å². The Balaban J connectivity index is 2.07. The third-order valence-corrected chi connectivity index (χ3v) is 4.70. The second-order valence-electron chi connectivity index (χ2n) is 6.53. The molecule has 0 unspecified atom stereocenters. The van der Waals surface area contributed by atoms with Crippen molar-refractivity contribution in [3.05, 3.63) is 50.7 Å². The molecule has 2 aromatic rings. The van der Waals surface area contributed by atoms with Crippen molar-refractivity contribution in [3.8, 4) is 17.3 Å². The van der Waals surface area contributed by atoms with Crippen molar-refractivity contribution >= 4 is 6.21 Å². The molecule has 8 heteroatoms. The number of hydrogen-bond acceptors (Lipinski definition) is 6. The van der Waals surface area contributed by atoms with E-state index in [1.165, 1.54) is 6.21 Å². The van der Waals surface area contributed by atoms with Gasteiger partial charge in [-0.3, -0.25) is 14.8 Å². The van der Waals surface area contributed by atoms with Crippen molar-refractivity contribution in [2.24, 2.45) is 10.7 Å². The van der Waals surface area contributed by atoms with Crippen LogP contribution in [0.25, 0.3) is 5.69 Å². The zero-order chi connectivity index (χ0) is 19.4. The summed E-state index contributed by atoms with van der Waals surface area (Å²) in [5, 5.41) is 10.7. The summed E-state index contributed by atoms with van der Waals surface area (Å²) >= 11 is 0. The first-order valence-corrected chi connectivity index (χ1v) is 9.12. The van der Waals surface area contributed by atoms with Gasteiger partial charge in [0.2, 0.25) is 5.88 Å². The van der Waals surface area contributed by atoms with Crippen LogP contribution >= 0.6 is 0 Å². The maximum atomic E-state index is 12.4. The van der Waals surface area contributed by atoms with E-state index in [4.69, 9.17) is 10.5 Å². The van der Waals surface area contributed by atoms with Crippen LogP contribution in [0.1, 0.15) is 38.2 Å². The summed E-state index contributed by atoms with van der Waals surface area (Å²) in [4.78, 5) is 31.2. The monoisotopic (exact) mass is 372 g/mol. The first kappa shape index (κ1) is 18.9. The summed E-state index contributed by atoms with van der Waals surface area (Å²) in [7, 11) is 0. The average Bonchev–Trinajstić information content (AvgIpc) is 2.64. The molecule has 144 valence electrons. The lowest BCUT2D eigenvalue weighted by atomic mass is 9.91. The van der Waals surface area contributed by atoms with Crippen LogP contribution in [0.4, 0.5) is 0 Å². The second kappa shape index (κ2) is 8.22. The summed E-state index contributed by atoms with van der Waals surface area (Å²) in [5.41, 5.74) is 4.88. The smallest absolute Gasteiger partial charge is 0.335 e. The Morgan fingerprint density at radius 3 is 2.81 bits per heavy atom. The molecule has 1 heterocycles. The molecule has 1 aromatic carbocycles. The summed E-state index contributed by atoms with van der Waals surface area (Å²) in [5.74, 6) is -0.0642. The van der Waals surface area contributed by atoms with Gasteiger partial charge in [-0.2, -0.15) is 0 Å². The largest absolute Gasteiger partial charge is 0.493 e. The SMILES string of the molecule is CCOc1ccccc1-n1c(O)c(C=N[C@@H]2CCCC[C@H]2N)c(=O)[nH]c1=O. The third kappa shape index (κ3) is 3.95. The van der Waals surface area contributed by atoms with Gasteiger partial charge in [0.25, 0.3) is 5.56 Å². The fraction of sp³-hybridized carbons (Fsp3) is 0.421. The van der Waals surface area contributed by atoms with E-state index in [1.807, 2.05) is 6.92 Å². The van der Waals surface area contributed by atoms with E-state index < -0.39 is 17.1 Å². The number of ether oxygens (including phenoxy) is 1. The maximum Gasteiger partial charge on any atom is 0.335 e. The van der Waals surface area contributed by atoms with Gasteiger partial charge in [-0.1, -0.05) is 25.0 Å². The molecule has 0 saturated heterocycles. The Labute approximate surface area is 156 Å². The molecular weight excluding hydrogens is 348 g/mol. The molecule has 1 fully saturated rings. The van der Waals surface area contributed by atoms with Gasteiger partial charge in [-0.15, -0.1) is 0 Å². The van der Waals surface area contributed by atoms with Crippen LogP contribution in [0.5, 0.6) is 11.6 Å². The molecule has 1 aliphatic carbocycles. The molecule has 0 amide bonds. The van der Waals surface area contributed by atoms with Crippen LogP contribution in [0.3, 0.4) is 0 Å². The summed E-state index contributed by atoms with van der Waals surface area (Å²) in [6.45, 7) is 2.21. The van der Waals surface area contributed by atoms with Gasteiger partial charge in [0.15, 0.2) is 0 Å². The highest BCUT2D eigenvalue weighted by Gasteiger charge is 2.21. The van der Waals surface area contributed by atoms with E-state index in [0.29, 0.717) is 18.0 Å². The summed E-state index contributed by atoms with van der Waals surface area (Å²) in [6, 6.07) is 6.61. The molecule has 4 N–H and O–H groups in total. The summed E-state index contributed by atoms with van der Waals surface area (Å²) < 4.78 is 6.54. The number of aliphatic imine (C=N–C) groups is 1. The number of nitrogens with one attached hydrogen (secondary N) is 1. The molecular formula is C19H24N4O4. The van der Waals surface area contributed by atoms with Crippen LogP contribution in [0.2, 0.25) is 0 Å². The Bertz CT molecular complexity index is 947. The van der Waals surface area contributed by atoms with Gasteiger partial charge in [-0.25, -0.2) is 9.36 Å². The molecule has 0 bridgehead atoms. The molecule has 0 aliphatic heterocycles. The van der Waals surface area contributed by atoms with Crippen molar-refractivity contribution in [3.63, 3.8) is 0 Å². The normalized spacial score (nSPS) is 20.1. The van der Waals surface area contributed by atoms with E-state index in [1.54, 1.807) is 24.3 Å². The lowest BCUT2D eigenvalue weighted by molar-refractivity contribution is 0.336. The molecule has 2 atom stereocenters. The topological polar surface area (TPSA) is 123 Å². The highest BCUT2D eigenvalue weighted by atomic mass is 16.5. The minimum Gasteiger partial charge on any atom is -0.493 e. The number of aromatic nitrogens is 2. The van der Waals surface area contributed by atoms with Gasteiger partial charge in [0, 0.05) is 12.3 Å². The molecule has 1 aliphatic rings. The van der Waals surface area contributed by atoms with Crippen LogP contribution in [-0.4, -0.2) is 39.6 Å².